The smallest absolute Gasteiger partial charge is 0.407 e. The number of rotatable bonds is 3. The SMILES string of the molecule is CC(C)(C)OC(=O)NCCn1cnc2c(Cl)nc(Cl)nc21. The summed E-state index contributed by atoms with van der Waals surface area (Å²) in [5.74, 6) is 0. The fourth-order valence-electron chi connectivity index (χ4n) is 1.64. The van der Waals surface area contributed by atoms with E-state index >= 15 is 0 Å². The molecule has 0 unspecified atom stereocenters. The first-order chi connectivity index (χ1) is 9.76. The van der Waals surface area contributed by atoms with Crippen LogP contribution in [0.1, 0.15) is 20.8 Å². The average molecular weight is 332 g/mol. The lowest BCUT2D eigenvalue weighted by Crippen LogP contribution is -2.34. The van der Waals surface area contributed by atoms with Gasteiger partial charge in [-0.05, 0) is 32.4 Å². The number of aromatic nitrogens is 4. The normalized spacial score (nSPS) is 11.7. The summed E-state index contributed by atoms with van der Waals surface area (Å²) in [6.45, 7) is 6.23. The van der Waals surface area contributed by atoms with Gasteiger partial charge in [0.1, 0.15) is 11.1 Å². The summed E-state index contributed by atoms with van der Waals surface area (Å²) in [6.07, 6.45) is 1.09. The molecule has 7 nitrogen and oxygen atoms in total. The van der Waals surface area contributed by atoms with Gasteiger partial charge in [0.2, 0.25) is 5.28 Å². The topological polar surface area (TPSA) is 81.9 Å². The zero-order valence-corrected chi connectivity index (χ0v) is 13.4. The maximum Gasteiger partial charge on any atom is 0.407 e. The van der Waals surface area contributed by atoms with Crippen molar-refractivity contribution in [2.24, 2.45) is 0 Å². The van der Waals surface area contributed by atoms with Gasteiger partial charge in [0.25, 0.3) is 0 Å². The van der Waals surface area contributed by atoms with Crippen LogP contribution in [0.2, 0.25) is 10.4 Å². The van der Waals surface area contributed by atoms with E-state index in [9.17, 15) is 4.79 Å². The summed E-state index contributed by atoms with van der Waals surface area (Å²) in [5, 5.41) is 2.90. The number of alkyl carbamates (subject to hydrolysis) is 1. The lowest BCUT2D eigenvalue weighted by Gasteiger charge is -2.19. The summed E-state index contributed by atoms with van der Waals surface area (Å²) in [7, 11) is 0. The highest BCUT2D eigenvalue weighted by atomic mass is 35.5. The molecule has 0 bridgehead atoms. The molecule has 0 aliphatic rings. The van der Waals surface area contributed by atoms with Crippen LogP contribution in [0, 0.1) is 0 Å². The Kier molecular flexibility index (Phi) is 4.53. The maximum atomic E-state index is 11.5. The lowest BCUT2D eigenvalue weighted by molar-refractivity contribution is 0.0526. The van der Waals surface area contributed by atoms with Crippen LogP contribution in [0.25, 0.3) is 11.2 Å². The van der Waals surface area contributed by atoms with E-state index in [2.05, 4.69) is 20.3 Å². The Hall–Kier alpha value is -1.60. The number of carbonyl (C=O) groups excluding carboxylic acids is 1. The summed E-state index contributed by atoms with van der Waals surface area (Å²) < 4.78 is 6.87. The van der Waals surface area contributed by atoms with Crippen molar-refractivity contribution in [2.75, 3.05) is 6.54 Å². The van der Waals surface area contributed by atoms with Crippen molar-refractivity contribution in [1.29, 1.82) is 0 Å². The van der Waals surface area contributed by atoms with Crippen molar-refractivity contribution in [3.8, 4) is 0 Å². The fraction of sp³-hybridized carbons (Fsp3) is 0.500. The number of amides is 1. The molecule has 2 aromatic rings. The molecule has 0 fully saturated rings. The molecule has 9 heteroatoms. The van der Waals surface area contributed by atoms with E-state index in [1.54, 1.807) is 31.7 Å². The molecule has 2 rings (SSSR count). The first kappa shape index (κ1) is 15.8. The number of ether oxygens (including phenoxy) is 1. The monoisotopic (exact) mass is 331 g/mol. The molecule has 21 heavy (non-hydrogen) atoms. The minimum Gasteiger partial charge on any atom is -0.444 e. The number of hydrogen-bond acceptors (Lipinski definition) is 5. The molecule has 0 spiro atoms. The number of imidazole rings is 1. The Labute approximate surface area is 131 Å². The number of carbonyl (C=O) groups is 1. The second kappa shape index (κ2) is 6.03. The highest BCUT2D eigenvalue weighted by Crippen LogP contribution is 2.20. The highest BCUT2D eigenvalue weighted by molar-refractivity contribution is 6.35. The van der Waals surface area contributed by atoms with E-state index < -0.39 is 11.7 Å². The van der Waals surface area contributed by atoms with Gasteiger partial charge >= 0.3 is 6.09 Å². The molecule has 1 amide bonds. The third kappa shape index (κ3) is 4.18. The van der Waals surface area contributed by atoms with Crippen molar-refractivity contribution in [3.05, 3.63) is 16.8 Å². The number of halogens is 2. The first-order valence-electron chi connectivity index (χ1n) is 6.27. The Bertz CT molecular complexity index is 665. The molecule has 0 radical (unpaired) electrons. The molecule has 0 aromatic carbocycles. The minimum atomic E-state index is -0.528. The van der Waals surface area contributed by atoms with Crippen molar-refractivity contribution >= 4 is 40.5 Å². The van der Waals surface area contributed by atoms with Crippen LogP contribution in [0.3, 0.4) is 0 Å². The molecule has 2 heterocycles. The van der Waals surface area contributed by atoms with Gasteiger partial charge < -0.3 is 14.6 Å². The fourth-order valence-corrected chi connectivity index (χ4v) is 2.06. The summed E-state index contributed by atoms with van der Waals surface area (Å²) >= 11 is 11.7. The predicted molar refractivity (Wildman–Crippen MR) is 79.6 cm³/mol. The first-order valence-corrected chi connectivity index (χ1v) is 7.02. The number of nitrogens with one attached hydrogen (secondary N) is 1. The van der Waals surface area contributed by atoms with Gasteiger partial charge in [-0.15, -0.1) is 0 Å². The molecular weight excluding hydrogens is 317 g/mol. The molecule has 0 saturated carbocycles. The van der Waals surface area contributed by atoms with Gasteiger partial charge in [0.15, 0.2) is 10.8 Å². The molecule has 114 valence electrons. The Balaban J connectivity index is 2.00. The predicted octanol–water partition coefficient (Wildman–Crippen LogP) is 2.66. The van der Waals surface area contributed by atoms with Crippen LogP contribution in [0.5, 0.6) is 0 Å². The van der Waals surface area contributed by atoms with Gasteiger partial charge in [-0.1, -0.05) is 11.6 Å². The van der Waals surface area contributed by atoms with Gasteiger partial charge in [0, 0.05) is 13.1 Å². The summed E-state index contributed by atoms with van der Waals surface area (Å²) in [6, 6.07) is 0. The molecule has 0 saturated heterocycles. The quantitative estimate of drug-likeness (QED) is 0.690. The minimum absolute atomic E-state index is 0.0503. The standard InChI is InChI=1S/C12H15Cl2N5O2/c1-12(2,3)21-11(20)15-4-5-19-6-16-7-8(13)17-10(14)18-9(7)19/h6H,4-5H2,1-3H3,(H,15,20). The second-order valence-electron chi connectivity index (χ2n) is 5.32. The van der Waals surface area contributed by atoms with Crippen LogP contribution in [0.4, 0.5) is 4.79 Å². The zero-order chi connectivity index (χ0) is 15.6. The largest absolute Gasteiger partial charge is 0.444 e. The van der Waals surface area contributed by atoms with E-state index in [4.69, 9.17) is 27.9 Å². The lowest BCUT2D eigenvalue weighted by atomic mass is 10.2. The summed E-state index contributed by atoms with van der Waals surface area (Å²) in [4.78, 5) is 23.6. The van der Waals surface area contributed by atoms with E-state index in [-0.39, 0.29) is 10.4 Å². The molecule has 0 aliphatic carbocycles. The maximum absolute atomic E-state index is 11.5. The van der Waals surface area contributed by atoms with Gasteiger partial charge in [-0.3, -0.25) is 0 Å². The van der Waals surface area contributed by atoms with Crippen LogP contribution in [-0.4, -0.2) is 37.8 Å². The number of hydrogen-bond donors (Lipinski definition) is 1. The molecule has 1 N–H and O–H groups in total. The third-order valence-corrected chi connectivity index (χ3v) is 2.85. The van der Waals surface area contributed by atoms with Crippen LogP contribution < -0.4 is 5.32 Å². The van der Waals surface area contributed by atoms with Crippen molar-refractivity contribution in [2.45, 2.75) is 32.9 Å². The third-order valence-electron chi connectivity index (χ3n) is 2.41. The van der Waals surface area contributed by atoms with Gasteiger partial charge in [-0.25, -0.2) is 14.8 Å². The zero-order valence-electron chi connectivity index (χ0n) is 11.9. The highest BCUT2D eigenvalue weighted by Gasteiger charge is 2.16. The van der Waals surface area contributed by atoms with Crippen molar-refractivity contribution in [3.63, 3.8) is 0 Å². The van der Waals surface area contributed by atoms with Crippen LogP contribution in [-0.2, 0) is 11.3 Å². The molecule has 0 atom stereocenters. The van der Waals surface area contributed by atoms with Crippen molar-refractivity contribution in [1.82, 2.24) is 24.8 Å². The number of fused-ring (bicyclic) bond motifs is 1. The average Bonchev–Trinajstić information content (AvgIpc) is 2.70. The van der Waals surface area contributed by atoms with E-state index in [0.717, 1.165) is 0 Å². The Morgan fingerprint density at radius 1 is 1.38 bits per heavy atom. The van der Waals surface area contributed by atoms with Crippen molar-refractivity contribution < 1.29 is 9.53 Å². The molecule has 0 aliphatic heterocycles. The van der Waals surface area contributed by atoms with Gasteiger partial charge in [-0.2, -0.15) is 4.98 Å². The number of nitrogens with zero attached hydrogens (tertiary/aromatic N) is 4. The second-order valence-corrected chi connectivity index (χ2v) is 6.02. The Morgan fingerprint density at radius 3 is 2.76 bits per heavy atom. The molecule has 2 aromatic heterocycles. The summed E-state index contributed by atoms with van der Waals surface area (Å²) in [5.41, 5.74) is 0.462. The Morgan fingerprint density at radius 2 is 2.10 bits per heavy atom. The van der Waals surface area contributed by atoms with E-state index in [1.807, 2.05) is 0 Å². The van der Waals surface area contributed by atoms with Gasteiger partial charge in [0.05, 0.1) is 6.33 Å². The van der Waals surface area contributed by atoms with Crippen LogP contribution in [0.15, 0.2) is 6.33 Å². The van der Waals surface area contributed by atoms with E-state index in [0.29, 0.717) is 24.3 Å². The molecular formula is C12H15Cl2N5O2. The van der Waals surface area contributed by atoms with E-state index in [1.165, 1.54) is 0 Å². The van der Waals surface area contributed by atoms with Crippen LogP contribution >= 0.6 is 23.2 Å².